The molecule has 1 heterocycles. The fraction of sp³-hybridized carbons (Fsp3) is 0.625. The van der Waals surface area contributed by atoms with Crippen molar-refractivity contribution in [2.45, 2.75) is 45.4 Å². The summed E-state index contributed by atoms with van der Waals surface area (Å²) in [6, 6.07) is 0. The first-order chi connectivity index (χ1) is 9.69. The molecule has 2 atom stereocenters. The molecule has 2 N–H and O–H groups in total. The maximum atomic E-state index is 11.9. The van der Waals surface area contributed by atoms with Gasteiger partial charge in [0.25, 0.3) is 0 Å². The summed E-state index contributed by atoms with van der Waals surface area (Å²) in [6.45, 7) is 3.07. The number of amides is 1. The number of unbranched alkanes of at least 4 members (excludes halogenated alkanes) is 1. The first kappa shape index (κ1) is 13.4. The highest BCUT2D eigenvalue weighted by atomic mass is 16.2. The van der Waals surface area contributed by atoms with Gasteiger partial charge in [0.1, 0.15) is 0 Å². The van der Waals surface area contributed by atoms with Gasteiger partial charge in [-0.3, -0.25) is 15.2 Å². The zero-order valence-corrected chi connectivity index (χ0v) is 12.1. The third-order valence-electron chi connectivity index (χ3n) is 4.63. The molecule has 1 saturated heterocycles. The number of allylic oxidation sites excluding steroid dienone is 4. The van der Waals surface area contributed by atoms with Crippen LogP contribution in [0.25, 0.3) is 0 Å². The molecule has 4 nitrogen and oxygen atoms in total. The number of rotatable bonds is 3. The Morgan fingerprint density at radius 2 is 2.10 bits per heavy atom. The van der Waals surface area contributed by atoms with Crippen LogP contribution in [0.5, 0.6) is 0 Å². The van der Waals surface area contributed by atoms with Gasteiger partial charge in [-0.25, -0.2) is 0 Å². The van der Waals surface area contributed by atoms with Crippen LogP contribution in [-0.2, 0) is 4.79 Å². The molecule has 0 bridgehead atoms. The Balaban J connectivity index is 1.95. The van der Waals surface area contributed by atoms with Gasteiger partial charge in [-0.15, -0.1) is 0 Å². The fourth-order valence-electron chi connectivity index (χ4n) is 3.64. The normalized spacial score (nSPS) is 29.1. The van der Waals surface area contributed by atoms with E-state index in [2.05, 4.69) is 23.4 Å². The molecule has 2 aliphatic carbocycles. The molecule has 1 fully saturated rings. The van der Waals surface area contributed by atoms with Crippen LogP contribution >= 0.6 is 0 Å². The predicted octanol–water partition coefficient (Wildman–Crippen LogP) is 2.78. The van der Waals surface area contributed by atoms with Gasteiger partial charge in [0, 0.05) is 30.3 Å². The molecule has 0 aromatic heterocycles. The second kappa shape index (κ2) is 5.43. The molecule has 1 aliphatic heterocycles. The predicted molar refractivity (Wildman–Crippen MR) is 79.1 cm³/mol. The van der Waals surface area contributed by atoms with Crippen LogP contribution in [-0.4, -0.2) is 23.2 Å². The summed E-state index contributed by atoms with van der Waals surface area (Å²) in [5.74, 6) is 1.02. The Bertz CT molecular complexity index is 492. The minimum absolute atomic E-state index is 0.154. The Hall–Kier alpha value is -1.58. The highest BCUT2D eigenvalue weighted by molar-refractivity contribution is 5.94. The number of hydrogen-bond donors (Lipinski definition) is 2. The second-order valence-corrected chi connectivity index (χ2v) is 6.12. The Morgan fingerprint density at radius 3 is 2.90 bits per heavy atom. The van der Waals surface area contributed by atoms with E-state index in [9.17, 15) is 4.79 Å². The van der Waals surface area contributed by atoms with Gasteiger partial charge < -0.3 is 5.41 Å². The lowest BCUT2D eigenvalue weighted by atomic mass is 9.73. The summed E-state index contributed by atoms with van der Waals surface area (Å²) >= 11 is 0. The summed E-state index contributed by atoms with van der Waals surface area (Å²) in [4.78, 5) is 11.9. The molecule has 20 heavy (non-hydrogen) atoms. The average Bonchev–Trinajstić information content (AvgIpc) is 2.44. The third-order valence-corrected chi connectivity index (χ3v) is 4.63. The molecule has 0 saturated carbocycles. The van der Waals surface area contributed by atoms with E-state index >= 15 is 0 Å². The van der Waals surface area contributed by atoms with Gasteiger partial charge in [0.15, 0.2) is 0 Å². The van der Waals surface area contributed by atoms with E-state index in [1.807, 2.05) is 6.08 Å². The van der Waals surface area contributed by atoms with Crippen molar-refractivity contribution in [2.24, 2.45) is 11.8 Å². The van der Waals surface area contributed by atoms with Crippen molar-refractivity contribution in [3.05, 3.63) is 23.4 Å². The van der Waals surface area contributed by atoms with Crippen LogP contribution in [0.2, 0.25) is 0 Å². The van der Waals surface area contributed by atoms with Crippen LogP contribution in [0.3, 0.4) is 0 Å². The topological polar surface area (TPSA) is 56.2 Å². The Morgan fingerprint density at radius 1 is 1.30 bits per heavy atom. The maximum absolute atomic E-state index is 11.9. The minimum atomic E-state index is 0.154. The van der Waals surface area contributed by atoms with E-state index < -0.39 is 0 Å². The standard InChI is InChI=1S/C16H23N3O/c1-2-3-8-19-16-12(10-15(20)18-19)5-4-11-9-13(17)6-7-14(11)16/h6-7,11-12,17H,2-5,8-10H2,1H3,(H,18,20). The van der Waals surface area contributed by atoms with Gasteiger partial charge in [-0.1, -0.05) is 19.4 Å². The molecule has 2 unspecified atom stereocenters. The zero-order chi connectivity index (χ0) is 14.1. The van der Waals surface area contributed by atoms with Crippen molar-refractivity contribution in [2.75, 3.05) is 6.54 Å². The number of hydrogen-bond acceptors (Lipinski definition) is 3. The monoisotopic (exact) mass is 273 g/mol. The number of carbonyl (C=O) groups is 1. The van der Waals surface area contributed by atoms with Crippen molar-refractivity contribution < 1.29 is 4.79 Å². The van der Waals surface area contributed by atoms with Gasteiger partial charge in [0.05, 0.1) is 0 Å². The molecule has 0 aromatic carbocycles. The van der Waals surface area contributed by atoms with Crippen molar-refractivity contribution in [3.63, 3.8) is 0 Å². The largest absolute Gasteiger partial charge is 0.305 e. The summed E-state index contributed by atoms with van der Waals surface area (Å²) < 4.78 is 0. The van der Waals surface area contributed by atoms with Crippen molar-refractivity contribution >= 4 is 11.6 Å². The van der Waals surface area contributed by atoms with E-state index in [-0.39, 0.29) is 5.91 Å². The molecule has 3 rings (SSSR count). The summed E-state index contributed by atoms with van der Waals surface area (Å²) in [7, 11) is 0. The zero-order valence-electron chi connectivity index (χ0n) is 12.1. The van der Waals surface area contributed by atoms with E-state index in [0.29, 0.717) is 18.3 Å². The lowest BCUT2D eigenvalue weighted by molar-refractivity contribution is -0.129. The molecule has 4 heteroatoms. The highest BCUT2D eigenvalue weighted by Gasteiger charge is 2.37. The van der Waals surface area contributed by atoms with E-state index in [1.54, 1.807) is 0 Å². The average molecular weight is 273 g/mol. The molecule has 108 valence electrons. The maximum Gasteiger partial charge on any atom is 0.239 e. The molecule has 3 aliphatic rings. The highest BCUT2D eigenvalue weighted by Crippen LogP contribution is 2.42. The van der Waals surface area contributed by atoms with Crippen LogP contribution in [0.4, 0.5) is 0 Å². The first-order valence-corrected chi connectivity index (χ1v) is 7.75. The number of nitrogens with zero attached hydrogens (tertiary/aromatic N) is 1. The number of carbonyl (C=O) groups excluding carboxylic acids is 1. The van der Waals surface area contributed by atoms with E-state index in [0.717, 1.165) is 44.4 Å². The fourth-order valence-corrected chi connectivity index (χ4v) is 3.64. The third kappa shape index (κ3) is 2.39. The Kier molecular flexibility index (Phi) is 3.64. The van der Waals surface area contributed by atoms with Gasteiger partial charge in [-0.2, -0.15) is 0 Å². The number of nitrogens with one attached hydrogen (secondary N) is 2. The van der Waals surface area contributed by atoms with Crippen molar-refractivity contribution in [1.82, 2.24) is 10.4 Å². The molecule has 1 amide bonds. The van der Waals surface area contributed by atoms with E-state index in [1.165, 1.54) is 11.3 Å². The van der Waals surface area contributed by atoms with Gasteiger partial charge >= 0.3 is 0 Å². The Labute approximate surface area is 120 Å². The van der Waals surface area contributed by atoms with Crippen LogP contribution in [0, 0.1) is 17.2 Å². The number of hydrazine groups is 1. The summed E-state index contributed by atoms with van der Waals surface area (Å²) in [6.07, 6.45) is 9.95. The molecular formula is C16H23N3O. The summed E-state index contributed by atoms with van der Waals surface area (Å²) in [5.41, 5.74) is 6.48. The lowest BCUT2D eigenvalue weighted by Gasteiger charge is -2.43. The smallest absolute Gasteiger partial charge is 0.239 e. The molecule has 0 aromatic rings. The van der Waals surface area contributed by atoms with Crippen molar-refractivity contribution in [3.8, 4) is 0 Å². The van der Waals surface area contributed by atoms with Crippen molar-refractivity contribution in [1.29, 1.82) is 5.41 Å². The van der Waals surface area contributed by atoms with E-state index in [4.69, 9.17) is 5.41 Å². The van der Waals surface area contributed by atoms with Gasteiger partial charge in [0.2, 0.25) is 5.91 Å². The second-order valence-electron chi connectivity index (χ2n) is 6.12. The molecular weight excluding hydrogens is 250 g/mol. The number of fused-ring (bicyclic) bond motifs is 2. The van der Waals surface area contributed by atoms with Crippen LogP contribution in [0.15, 0.2) is 23.4 Å². The van der Waals surface area contributed by atoms with Crippen LogP contribution in [0.1, 0.15) is 45.4 Å². The molecule has 0 radical (unpaired) electrons. The molecule has 0 spiro atoms. The first-order valence-electron chi connectivity index (χ1n) is 7.75. The lowest BCUT2D eigenvalue weighted by Crippen LogP contribution is -2.51. The summed E-state index contributed by atoms with van der Waals surface area (Å²) in [5, 5.41) is 9.94. The van der Waals surface area contributed by atoms with Gasteiger partial charge in [-0.05, 0) is 43.3 Å². The van der Waals surface area contributed by atoms with Crippen LogP contribution < -0.4 is 5.43 Å². The minimum Gasteiger partial charge on any atom is -0.305 e. The SMILES string of the molecule is CCCCN1NC(=O)CC2CCC3CC(=N)C=CC3=C21. The quantitative estimate of drug-likeness (QED) is 0.830.